The average molecular weight is 879 g/mol. The molecule has 0 aromatic carbocycles. The van der Waals surface area contributed by atoms with Gasteiger partial charge in [-0.05, 0) is 122 Å². The fourth-order valence-corrected chi connectivity index (χ4v) is 6.07. The van der Waals surface area contributed by atoms with Crippen molar-refractivity contribution in [3.63, 3.8) is 0 Å². The Morgan fingerprint density at radius 1 is 0.375 bits per heavy atom. The van der Waals surface area contributed by atoms with Crippen LogP contribution in [0.2, 0.25) is 0 Å². The number of ether oxygens (including phenoxy) is 2. The molecule has 0 radical (unpaired) electrons. The number of rotatable bonds is 43. The Balaban J connectivity index is 3.72. The Hall–Kier alpha value is -4.48. The summed E-state index contributed by atoms with van der Waals surface area (Å²) in [6.45, 7) is 3.89. The van der Waals surface area contributed by atoms with Crippen LogP contribution in [0.25, 0.3) is 0 Å². The van der Waals surface area contributed by atoms with Crippen molar-refractivity contribution in [3.8, 4) is 0 Å². The molecular weight excluding hydrogens is 789 g/mol. The van der Waals surface area contributed by atoms with Gasteiger partial charge in [0.2, 0.25) is 0 Å². The van der Waals surface area contributed by atoms with Crippen molar-refractivity contribution in [2.24, 2.45) is 0 Å². The fraction of sp³-hybridized carbons (Fsp3) is 0.525. The molecule has 0 rings (SSSR count). The van der Waals surface area contributed by atoms with E-state index in [2.05, 4.69) is 172 Å². The zero-order valence-corrected chi connectivity index (χ0v) is 40.5. The normalized spacial score (nSPS) is 13.6. The number of hydrogen-bond donors (Lipinski definition) is 1. The van der Waals surface area contributed by atoms with Gasteiger partial charge in [-0.15, -0.1) is 0 Å². The molecule has 1 N–H and O–H groups in total. The largest absolute Gasteiger partial charge is 0.462 e. The van der Waals surface area contributed by atoms with E-state index < -0.39 is 6.10 Å². The number of carbonyl (C=O) groups excluding carboxylic acids is 2. The molecule has 0 aliphatic rings. The number of hydrogen-bond acceptors (Lipinski definition) is 5. The summed E-state index contributed by atoms with van der Waals surface area (Å²) in [7, 11) is 0. The lowest BCUT2D eigenvalue weighted by Crippen LogP contribution is -2.28. The second-order valence-corrected chi connectivity index (χ2v) is 15.8. The van der Waals surface area contributed by atoms with Gasteiger partial charge in [-0.2, -0.15) is 0 Å². The topological polar surface area (TPSA) is 72.8 Å². The molecule has 0 aliphatic heterocycles. The van der Waals surface area contributed by atoms with Crippen molar-refractivity contribution in [2.75, 3.05) is 13.2 Å². The predicted molar refractivity (Wildman–Crippen MR) is 278 cm³/mol. The van der Waals surface area contributed by atoms with Gasteiger partial charge in [-0.3, -0.25) is 9.59 Å². The summed E-state index contributed by atoms with van der Waals surface area (Å²) in [4.78, 5) is 24.3. The smallest absolute Gasteiger partial charge is 0.306 e. The summed E-state index contributed by atoms with van der Waals surface area (Å²) in [6.07, 6.45) is 81.9. The highest BCUT2D eigenvalue weighted by Crippen LogP contribution is 2.10. The van der Waals surface area contributed by atoms with Gasteiger partial charge < -0.3 is 14.6 Å². The highest BCUT2D eigenvalue weighted by atomic mass is 16.6. The Labute approximate surface area is 392 Å². The summed E-state index contributed by atoms with van der Waals surface area (Å²) in [6, 6.07) is 0. The minimum absolute atomic E-state index is 0.0976. The summed E-state index contributed by atoms with van der Waals surface area (Å²) in [5.41, 5.74) is 0. The second-order valence-electron chi connectivity index (χ2n) is 15.8. The third-order valence-corrected chi connectivity index (χ3v) is 9.79. The van der Waals surface area contributed by atoms with Crippen LogP contribution in [-0.4, -0.2) is 36.4 Å². The van der Waals surface area contributed by atoms with Gasteiger partial charge in [0.1, 0.15) is 6.61 Å². The molecule has 0 heterocycles. The van der Waals surface area contributed by atoms with Crippen molar-refractivity contribution in [2.45, 2.75) is 187 Å². The van der Waals surface area contributed by atoms with E-state index in [9.17, 15) is 14.7 Å². The zero-order chi connectivity index (χ0) is 46.3. The monoisotopic (exact) mass is 879 g/mol. The quantitative estimate of drug-likeness (QED) is 0.0375. The Morgan fingerprint density at radius 2 is 0.672 bits per heavy atom. The average Bonchev–Trinajstić information content (AvgIpc) is 3.30. The van der Waals surface area contributed by atoms with Gasteiger partial charge in [0.05, 0.1) is 6.61 Å². The van der Waals surface area contributed by atoms with Crippen LogP contribution in [0.1, 0.15) is 181 Å². The lowest BCUT2D eigenvalue weighted by Gasteiger charge is -2.15. The first-order chi connectivity index (χ1) is 31.6. The van der Waals surface area contributed by atoms with E-state index in [-0.39, 0.29) is 25.2 Å². The van der Waals surface area contributed by atoms with E-state index in [1.807, 2.05) is 0 Å². The lowest BCUT2D eigenvalue weighted by molar-refractivity contribution is -0.161. The number of aliphatic hydroxyl groups is 1. The molecule has 0 aromatic heterocycles. The maximum Gasteiger partial charge on any atom is 0.306 e. The first-order valence-corrected chi connectivity index (χ1v) is 25.0. The maximum atomic E-state index is 12.2. The van der Waals surface area contributed by atoms with Gasteiger partial charge in [0.15, 0.2) is 6.10 Å². The molecule has 0 saturated carbocycles. The van der Waals surface area contributed by atoms with E-state index in [0.717, 1.165) is 141 Å². The highest BCUT2D eigenvalue weighted by molar-refractivity contribution is 5.70. The van der Waals surface area contributed by atoms with Crippen LogP contribution in [0.4, 0.5) is 0 Å². The van der Waals surface area contributed by atoms with Gasteiger partial charge in [0, 0.05) is 12.8 Å². The van der Waals surface area contributed by atoms with E-state index >= 15 is 0 Å². The SMILES string of the molecule is CC/C=C\C/C=C\C/C=C\C/C=C\C/C=C\C/C=C\C/C=C\C/C=C\C/C=C\C/C=C\C/C=C\CCCCCC(=O)OC(CO)COC(=O)CCCCCCC/C=C\C/C=C\CCC. The number of carbonyl (C=O) groups is 2. The molecule has 1 atom stereocenters. The molecule has 0 fully saturated rings. The molecule has 356 valence electrons. The Morgan fingerprint density at radius 3 is 1.03 bits per heavy atom. The first-order valence-electron chi connectivity index (χ1n) is 25.0. The van der Waals surface area contributed by atoms with Crippen LogP contribution in [0, 0.1) is 0 Å². The first kappa shape index (κ1) is 59.5. The molecule has 0 amide bonds. The van der Waals surface area contributed by atoms with E-state index in [1.54, 1.807) is 0 Å². The standard InChI is InChI=1S/C59H90O5/c1-3-5-7-9-11-13-15-17-18-19-20-21-22-23-24-25-26-27-28-29-30-31-32-33-34-35-36-37-38-39-40-42-44-46-48-50-52-54-59(62)64-57(55-60)56-63-58(61)53-51-49-47-45-43-41-16-14-12-10-8-6-4-2/h5,7-8,10-11,13-14,16-18,20-21,23-24,26-27,29-30,32-33,35-36,38-39,42,44,57,60H,3-4,6,9,12,15,19,22,25,28,31,34,37,40-41,43,45-56H2,1-2H3/b7-5-,10-8-,13-11-,16-14-,18-17-,21-20-,24-23-,27-26-,30-29-,33-32-,36-35-,39-38-,44-42-. The third kappa shape index (κ3) is 50.2. The fourth-order valence-electron chi connectivity index (χ4n) is 6.07. The third-order valence-electron chi connectivity index (χ3n) is 9.79. The lowest BCUT2D eigenvalue weighted by atomic mass is 10.1. The van der Waals surface area contributed by atoms with Crippen molar-refractivity contribution in [3.05, 3.63) is 158 Å². The Bertz CT molecular complexity index is 1460. The summed E-state index contributed by atoms with van der Waals surface area (Å²) >= 11 is 0. The highest BCUT2D eigenvalue weighted by Gasteiger charge is 2.16. The summed E-state index contributed by atoms with van der Waals surface area (Å²) in [5.74, 6) is -0.662. The van der Waals surface area contributed by atoms with Crippen LogP contribution < -0.4 is 0 Å². The minimum Gasteiger partial charge on any atom is -0.462 e. The second kappa shape index (κ2) is 52.9. The molecule has 0 aromatic rings. The minimum atomic E-state index is -0.807. The molecule has 0 saturated heterocycles. The van der Waals surface area contributed by atoms with Crippen molar-refractivity contribution in [1.82, 2.24) is 0 Å². The molecule has 0 spiro atoms. The zero-order valence-electron chi connectivity index (χ0n) is 40.5. The van der Waals surface area contributed by atoms with Crippen LogP contribution in [-0.2, 0) is 19.1 Å². The van der Waals surface area contributed by atoms with E-state index in [4.69, 9.17) is 9.47 Å². The summed E-state index contributed by atoms with van der Waals surface area (Å²) in [5, 5.41) is 9.59. The van der Waals surface area contributed by atoms with Crippen molar-refractivity contribution < 1.29 is 24.2 Å². The molecule has 64 heavy (non-hydrogen) atoms. The maximum absolute atomic E-state index is 12.2. The van der Waals surface area contributed by atoms with Gasteiger partial charge in [-0.25, -0.2) is 0 Å². The van der Waals surface area contributed by atoms with Crippen LogP contribution in [0.15, 0.2) is 158 Å². The molecule has 1 unspecified atom stereocenters. The van der Waals surface area contributed by atoms with E-state index in [1.165, 1.54) is 12.8 Å². The summed E-state index contributed by atoms with van der Waals surface area (Å²) < 4.78 is 10.6. The predicted octanol–water partition coefficient (Wildman–Crippen LogP) is 16.8. The van der Waals surface area contributed by atoms with Crippen molar-refractivity contribution >= 4 is 11.9 Å². The Kier molecular flexibility index (Phi) is 49.2. The van der Waals surface area contributed by atoms with Gasteiger partial charge >= 0.3 is 11.9 Å². The number of aliphatic hydroxyl groups excluding tert-OH is 1. The number of esters is 2. The van der Waals surface area contributed by atoms with Crippen molar-refractivity contribution in [1.29, 1.82) is 0 Å². The number of allylic oxidation sites excluding steroid dienone is 26. The molecular formula is C59H90O5. The molecule has 5 heteroatoms. The van der Waals surface area contributed by atoms with Crippen LogP contribution >= 0.6 is 0 Å². The molecule has 0 aliphatic carbocycles. The van der Waals surface area contributed by atoms with Gasteiger partial charge in [-0.1, -0.05) is 204 Å². The van der Waals surface area contributed by atoms with Gasteiger partial charge in [0.25, 0.3) is 0 Å². The van der Waals surface area contributed by atoms with E-state index in [0.29, 0.717) is 12.8 Å². The van der Waals surface area contributed by atoms with Crippen LogP contribution in [0.5, 0.6) is 0 Å². The number of unbranched alkanes of at least 4 members (excludes halogenated alkanes) is 9. The molecule has 0 bridgehead atoms. The van der Waals surface area contributed by atoms with Crippen LogP contribution in [0.3, 0.4) is 0 Å². The molecule has 5 nitrogen and oxygen atoms in total.